The Hall–Kier alpha value is -1.66. The lowest BCUT2D eigenvalue weighted by atomic mass is 10.2. The number of hydrogen-bond donors (Lipinski definition) is 1. The summed E-state index contributed by atoms with van der Waals surface area (Å²) in [5, 5.41) is 0. The summed E-state index contributed by atoms with van der Waals surface area (Å²) in [6.07, 6.45) is 4.26. The summed E-state index contributed by atoms with van der Waals surface area (Å²) in [4.78, 5) is 18.9. The van der Waals surface area contributed by atoms with E-state index in [0.29, 0.717) is 12.4 Å². The molecule has 2 heterocycles. The van der Waals surface area contributed by atoms with Crippen LogP contribution in [-0.4, -0.2) is 28.7 Å². The fraction of sp³-hybridized carbons (Fsp3) is 0.333. The Bertz CT molecular complexity index is 728. The van der Waals surface area contributed by atoms with Crippen LogP contribution >= 0.6 is 15.9 Å². The van der Waals surface area contributed by atoms with Crippen molar-refractivity contribution in [2.75, 3.05) is 18.0 Å². The molecule has 1 atom stereocenters. The van der Waals surface area contributed by atoms with Gasteiger partial charge in [0.25, 0.3) is 5.56 Å². The molecule has 0 bridgehead atoms. The van der Waals surface area contributed by atoms with Gasteiger partial charge in [0.05, 0.1) is 0 Å². The van der Waals surface area contributed by atoms with E-state index in [0.717, 1.165) is 28.7 Å². The van der Waals surface area contributed by atoms with Gasteiger partial charge in [-0.3, -0.25) is 9.36 Å². The van der Waals surface area contributed by atoms with Crippen LogP contribution in [0.4, 0.5) is 5.82 Å². The number of rotatable bonds is 2. The molecule has 5 nitrogen and oxygen atoms in total. The second kappa shape index (κ2) is 5.61. The Morgan fingerprint density at radius 3 is 2.90 bits per heavy atom. The molecule has 1 aromatic heterocycles. The van der Waals surface area contributed by atoms with Crippen molar-refractivity contribution in [2.45, 2.75) is 19.4 Å². The summed E-state index contributed by atoms with van der Waals surface area (Å²) >= 11 is 3.47. The molecule has 0 saturated carbocycles. The largest absolute Gasteiger partial charge is 0.350 e. The SMILES string of the molecule is Cc1cc(-n2ccnc(N3CCC(N)C3)c2=O)ccc1Br. The van der Waals surface area contributed by atoms with Gasteiger partial charge in [0.1, 0.15) is 0 Å². The highest BCUT2D eigenvalue weighted by Gasteiger charge is 2.23. The Kier molecular flexibility index (Phi) is 3.82. The lowest BCUT2D eigenvalue weighted by Gasteiger charge is -2.17. The number of aryl methyl sites for hydroxylation is 1. The third kappa shape index (κ3) is 2.73. The molecule has 1 aliphatic heterocycles. The van der Waals surface area contributed by atoms with E-state index in [2.05, 4.69) is 20.9 Å². The quantitative estimate of drug-likeness (QED) is 0.899. The van der Waals surface area contributed by atoms with Crippen molar-refractivity contribution in [3.05, 3.63) is 51.0 Å². The van der Waals surface area contributed by atoms with Crippen LogP contribution < -0.4 is 16.2 Å². The first-order valence-corrected chi connectivity index (χ1v) is 7.70. The lowest BCUT2D eigenvalue weighted by Crippen LogP contribution is -2.33. The monoisotopic (exact) mass is 348 g/mol. The molecule has 21 heavy (non-hydrogen) atoms. The number of nitrogens with zero attached hydrogens (tertiary/aromatic N) is 3. The van der Waals surface area contributed by atoms with E-state index in [1.165, 1.54) is 0 Å². The van der Waals surface area contributed by atoms with Crippen LogP contribution in [0.25, 0.3) is 5.69 Å². The summed E-state index contributed by atoms with van der Waals surface area (Å²) < 4.78 is 2.66. The molecule has 1 saturated heterocycles. The van der Waals surface area contributed by atoms with E-state index in [1.54, 1.807) is 17.0 Å². The molecule has 6 heteroatoms. The molecule has 2 aromatic rings. The lowest BCUT2D eigenvalue weighted by molar-refractivity contribution is 0.750. The molecule has 3 rings (SSSR count). The third-order valence-corrected chi connectivity index (χ3v) is 4.66. The molecular weight excluding hydrogens is 332 g/mol. The van der Waals surface area contributed by atoms with Crippen molar-refractivity contribution in [1.82, 2.24) is 9.55 Å². The van der Waals surface area contributed by atoms with E-state index in [1.807, 2.05) is 30.0 Å². The molecule has 1 aliphatic rings. The first kappa shape index (κ1) is 14.3. The van der Waals surface area contributed by atoms with Crippen LogP contribution in [0.15, 0.2) is 39.9 Å². The molecule has 1 aromatic carbocycles. The number of halogens is 1. The van der Waals surface area contributed by atoms with Crippen LogP contribution in [0.3, 0.4) is 0 Å². The van der Waals surface area contributed by atoms with E-state index in [4.69, 9.17) is 5.73 Å². The fourth-order valence-corrected chi connectivity index (χ4v) is 2.83. The van der Waals surface area contributed by atoms with Gasteiger partial charge in [-0.2, -0.15) is 0 Å². The maximum Gasteiger partial charge on any atom is 0.298 e. The topological polar surface area (TPSA) is 64.2 Å². The maximum atomic E-state index is 12.7. The molecule has 2 N–H and O–H groups in total. The number of nitrogens with two attached hydrogens (primary N) is 1. The number of benzene rings is 1. The zero-order valence-electron chi connectivity index (χ0n) is 11.8. The average Bonchev–Trinajstić information content (AvgIpc) is 2.89. The average molecular weight is 349 g/mol. The van der Waals surface area contributed by atoms with Crippen molar-refractivity contribution in [3.63, 3.8) is 0 Å². The van der Waals surface area contributed by atoms with Gasteiger partial charge in [0, 0.05) is 41.7 Å². The predicted octanol–water partition coefficient (Wildman–Crippen LogP) is 1.84. The smallest absolute Gasteiger partial charge is 0.298 e. The van der Waals surface area contributed by atoms with Gasteiger partial charge in [-0.25, -0.2) is 4.98 Å². The van der Waals surface area contributed by atoms with Crippen LogP contribution in [0, 0.1) is 6.92 Å². The second-order valence-corrected chi connectivity index (χ2v) is 6.21. The van der Waals surface area contributed by atoms with Crippen molar-refractivity contribution in [3.8, 4) is 5.69 Å². The Labute approximate surface area is 131 Å². The van der Waals surface area contributed by atoms with Crippen LogP contribution in [0.2, 0.25) is 0 Å². The molecule has 1 unspecified atom stereocenters. The van der Waals surface area contributed by atoms with Crippen LogP contribution in [0.1, 0.15) is 12.0 Å². The van der Waals surface area contributed by atoms with Gasteiger partial charge >= 0.3 is 0 Å². The first-order valence-electron chi connectivity index (χ1n) is 6.91. The highest BCUT2D eigenvalue weighted by molar-refractivity contribution is 9.10. The van der Waals surface area contributed by atoms with E-state index >= 15 is 0 Å². The van der Waals surface area contributed by atoms with Crippen molar-refractivity contribution < 1.29 is 0 Å². The Balaban J connectivity index is 2.04. The standard InChI is InChI=1S/C15H17BrN4O/c1-10-8-12(2-3-13(10)16)20-7-5-18-14(15(20)21)19-6-4-11(17)9-19/h2-3,5,7-8,11H,4,6,9,17H2,1H3. The number of hydrogen-bond acceptors (Lipinski definition) is 4. The van der Waals surface area contributed by atoms with E-state index < -0.39 is 0 Å². The third-order valence-electron chi connectivity index (χ3n) is 3.77. The van der Waals surface area contributed by atoms with Gasteiger partial charge < -0.3 is 10.6 Å². The number of anilines is 1. The van der Waals surface area contributed by atoms with Gasteiger partial charge in [-0.1, -0.05) is 15.9 Å². The highest BCUT2D eigenvalue weighted by Crippen LogP contribution is 2.19. The summed E-state index contributed by atoms with van der Waals surface area (Å²) in [6.45, 7) is 3.47. The molecule has 0 spiro atoms. The molecule has 110 valence electrons. The van der Waals surface area contributed by atoms with Gasteiger partial charge in [0.2, 0.25) is 0 Å². The number of aromatic nitrogens is 2. The van der Waals surface area contributed by atoms with Crippen LogP contribution in [0.5, 0.6) is 0 Å². The first-order chi connectivity index (χ1) is 10.1. The highest BCUT2D eigenvalue weighted by atomic mass is 79.9. The van der Waals surface area contributed by atoms with Crippen LogP contribution in [-0.2, 0) is 0 Å². The maximum absolute atomic E-state index is 12.7. The van der Waals surface area contributed by atoms with Gasteiger partial charge in [0.15, 0.2) is 5.82 Å². The molecule has 0 amide bonds. The fourth-order valence-electron chi connectivity index (χ4n) is 2.58. The minimum Gasteiger partial charge on any atom is -0.350 e. The zero-order chi connectivity index (χ0) is 15.0. The summed E-state index contributed by atoms with van der Waals surface area (Å²) in [5.74, 6) is 0.478. The molecule has 1 fully saturated rings. The second-order valence-electron chi connectivity index (χ2n) is 5.35. The van der Waals surface area contributed by atoms with E-state index in [-0.39, 0.29) is 11.6 Å². The summed E-state index contributed by atoms with van der Waals surface area (Å²) in [5.41, 5.74) is 7.74. The minimum absolute atomic E-state index is 0.103. The van der Waals surface area contributed by atoms with Crippen molar-refractivity contribution in [2.24, 2.45) is 5.73 Å². The minimum atomic E-state index is -0.103. The van der Waals surface area contributed by atoms with Crippen molar-refractivity contribution >= 4 is 21.7 Å². The van der Waals surface area contributed by atoms with Gasteiger partial charge in [-0.15, -0.1) is 0 Å². The Morgan fingerprint density at radius 1 is 1.43 bits per heavy atom. The summed E-state index contributed by atoms with van der Waals surface area (Å²) in [7, 11) is 0. The zero-order valence-corrected chi connectivity index (χ0v) is 13.4. The molecular formula is C15H17BrN4O. The molecule has 0 radical (unpaired) electrons. The predicted molar refractivity (Wildman–Crippen MR) is 87.1 cm³/mol. The Morgan fingerprint density at radius 2 is 2.24 bits per heavy atom. The normalized spacial score (nSPS) is 18.2. The van der Waals surface area contributed by atoms with Crippen molar-refractivity contribution in [1.29, 1.82) is 0 Å². The molecule has 0 aliphatic carbocycles. The van der Waals surface area contributed by atoms with E-state index in [9.17, 15) is 4.79 Å². The summed E-state index contributed by atoms with van der Waals surface area (Å²) in [6, 6.07) is 5.96. The van der Waals surface area contributed by atoms with Gasteiger partial charge in [-0.05, 0) is 37.1 Å².